The molecule has 0 bridgehead atoms. The molecule has 2 aliphatic rings. The first-order chi connectivity index (χ1) is 10.9. The number of amides is 2. The van der Waals surface area contributed by atoms with Gasteiger partial charge in [-0.3, -0.25) is 9.59 Å². The molecule has 24 heavy (non-hydrogen) atoms. The Morgan fingerprint density at radius 1 is 1.46 bits per heavy atom. The van der Waals surface area contributed by atoms with Gasteiger partial charge in [-0.05, 0) is 25.7 Å². The maximum atomic E-state index is 12.8. The van der Waals surface area contributed by atoms with Gasteiger partial charge in [0.1, 0.15) is 16.7 Å². The van der Waals surface area contributed by atoms with E-state index >= 15 is 0 Å². The molecule has 0 radical (unpaired) electrons. The van der Waals surface area contributed by atoms with Gasteiger partial charge in [0.05, 0.1) is 6.04 Å². The normalized spacial score (nSPS) is 24.8. The van der Waals surface area contributed by atoms with Crippen molar-refractivity contribution in [2.24, 2.45) is 11.7 Å². The molecule has 2 amide bonds. The number of nitrogens with zero attached hydrogens (tertiary/aromatic N) is 3. The second-order valence-electron chi connectivity index (χ2n) is 6.80. The zero-order valence-corrected chi connectivity index (χ0v) is 15.9. The van der Waals surface area contributed by atoms with Gasteiger partial charge in [-0.1, -0.05) is 13.8 Å². The number of nitrogens with two attached hydrogens (primary N) is 1. The van der Waals surface area contributed by atoms with Gasteiger partial charge in [0.15, 0.2) is 0 Å². The Bertz CT molecular complexity index is 621. The molecule has 2 aliphatic heterocycles. The molecule has 0 unspecified atom stereocenters. The van der Waals surface area contributed by atoms with Crippen molar-refractivity contribution in [2.75, 3.05) is 13.1 Å². The molecule has 8 heteroatoms. The van der Waals surface area contributed by atoms with E-state index in [9.17, 15) is 9.59 Å². The van der Waals surface area contributed by atoms with Gasteiger partial charge in [-0.15, -0.1) is 23.7 Å². The molecule has 6 nitrogen and oxygen atoms in total. The highest BCUT2D eigenvalue weighted by molar-refractivity contribution is 7.09. The Labute approximate surface area is 152 Å². The van der Waals surface area contributed by atoms with E-state index in [-0.39, 0.29) is 42.2 Å². The third-order valence-corrected chi connectivity index (χ3v) is 5.84. The monoisotopic (exact) mass is 372 g/mol. The summed E-state index contributed by atoms with van der Waals surface area (Å²) < 4.78 is 0. The topological polar surface area (TPSA) is 79.5 Å². The van der Waals surface area contributed by atoms with Crippen LogP contribution in [0.2, 0.25) is 0 Å². The summed E-state index contributed by atoms with van der Waals surface area (Å²) in [5.74, 6) is 0.170. The Hall–Kier alpha value is -1.18. The molecule has 3 rings (SSSR count). The SMILES string of the molecule is CC(C)[C@H](N)c1nc(C(=O)N2C[C@@H]3CCCN3C(=O)[C@H]2C)cs1.Cl. The number of rotatable bonds is 3. The number of aromatic nitrogens is 1. The number of thiazole rings is 1. The summed E-state index contributed by atoms with van der Waals surface area (Å²) in [6.07, 6.45) is 2.00. The van der Waals surface area contributed by atoms with Crippen LogP contribution < -0.4 is 5.73 Å². The van der Waals surface area contributed by atoms with E-state index in [1.54, 1.807) is 10.3 Å². The van der Waals surface area contributed by atoms with Crippen molar-refractivity contribution < 1.29 is 9.59 Å². The Balaban J connectivity index is 0.00000208. The van der Waals surface area contributed by atoms with Crippen molar-refractivity contribution in [2.45, 2.75) is 51.7 Å². The molecular weight excluding hydrogens is 348 g/mol. The second-order valence-corrected chi connectivity index (χ2v) is 7.69. The summed E-state index contributed by atoms with van der Waals surface area (Å²) in [7, 11) is 0. The molecule has 134 valence electrons. The highest BCUT2D eigenvalue weighted by Gasteiger charge is 2.42. The van der Waals surface area contributed by atoms with E-state index in [1.165, 1.54) is 11.3 Å². The van der Waals surface area contributed by atoms with Crippen LogP contribution in [0.1, 0.15) is 55.2 Å². The Morgan fingerprint density at radius 2 is 2.17 bits per heavy atom. The molecule has 1 aromatic rings. The molecule has 2 fully saturated rings. The van der Waals surface area contributed by atoms with Crippen molar-refractivity contribution >= 4 is 35.6 Å². The third kappa shape index (κ3) is 3.30. The number of carbonyl (C=O) groups is 2. The van der Waals surface area contributed by atoms with Crippen molar-refractivity contribution in [3.8, 4) is 0 Å². The van der Waals surface area contributed by atoms with Crippen LogP contribution in [0, 0.1) is 5.92 Å². The molecule has 2 saturated heterocycles. The Morgan fingerprint density at radius 3 is 2.83 bits per heavy atom. The second kappa shape index (κ2) is 7.37. The van der Waals surface area contributed by atoms with Gasteiger partial charge in [0.2, 0.25) is 5.91 Å². The van der Waals surface area contributed by atoms with Crippen molar-refractivity contribution in [3.63, 3.8) is 0 Å². The summed E-state index contributed by atoms with van der Waals surface area (Å²) in [4.78, 5) is 33.3. The number of halogens is 1. The first kappa shape index (κ1) is 19.1. The number of hydrogen-bond acceptors (Lipinski definition) is 5. The van der Waals surface area contributed by atoms with Gasteiger partial charge < -0.3 is 15.5 Å². The predicted molar refractivity (Wildman–Crippen MR) is 96.4 cm³/mol. The van der Waals surface area contributed by atoms with E-state index in [1.807, 2.05) is 25.7 Å². The maximum absolute atomic E-state index is 12.8. The standard InChI is InChI=1S/C16H24N4O2S.ClH/c1-9(2)13(17)14-18-12(8-23-14)16(22)20-7-11-5-4-6-19(11)15(21)10(20)3;/h8-11,13H,4-7,17H2,1-3H3;1H/t10-,11+,13+;/m1./s1. The molecule has 0 saturated carbocycles. The lowest BCUT2D eigenvalue weighted by molar-refractivity contribution is -0.141. The zero-order valence-electron chi connectivity index (χ0n) is 14.3. The van der Waals surface area contributed by atoms with E-state index in [0.717, 1.165) is 24.4 Å². The quantitative estimate of drug-likeness (QED) is 0.880. The fraction of sp³-hybridized carbons (Fsp3) is 0.688. The minimum absolute atomic E-state index is 0. The summed E-state index contributed by atoms with van der Waals surface area (Å²) in [6.45, 7) is 7.30. The lowest BCUT2D eigenvalue weighted by atomic mass is 10.1. The Kier molecular flexibility index (Phi) is 5.88. The summed E-state index contributed by atoms with van der Waals surface area (Å²) in [6, 6.07) is -0.410. The average Bonchev–Trinajstić information content (AvgIpc) is 3.18. The van der Waals surface area contributed by atoms with Crippen LogP contribution in [0.3, 0.4) is 0 Å². The van der Waals surface area contributed by atoms with E-state index in [0.29, 0.717) is 12.2 Å². The van der Waals surface area contributed by atoms with Gasteiger partial charge in [-0.2, -0.15) is 0 Å². The zero-order chi connectivity index (χ0) is 16.7. The van der Waals surface area contributed by atoms with E-state index in [4.69, 9.17) is 5.73 Å². The van der Waals surface area contributed by atoms with Crippen LogP contribution in [-0.4, -0.2) is 51.8 Å². The fourth-order valence-corrected chi connectivity index (χ4v) is 4.27. The number of piperazine rings is 1. The summed E-state index contributed by atoms with van der Waals surface area (Å²) in [5, 5.41) is 2.54. The first-order valence-corrected chi connectivity index (χ1v) is 9.10. The minimum Gasteiger partial charge on any atom is -0.336 e. The van der Waals surface area contributed by atoms with Crippen molar-refractivity contribution in [1.29, 1.82) is 0 Å². The summed E-state index contributed by atoms with van der Waals surface area (Å²) in [5.41, 5.74) is 6.52. The van der Waals surface area contributed by atoms with Crippen LogP contribution in [0.15, 0.2) is 5.38 Å². The number of hydrogen-bond donors (Lipinski definition) is 1. The smallest absolute Gasteiger partial charge is 0.274 e. The largest absolute Gasteiger partial charge is 0.336 e. The third-order valence-electron chi connectivity index (χ3n) is 4.90. The van der Waals surface area contributed by atoms with Gasteiger partial charge in [-0.25, -0.2) is 4.98 Å². The predicted octanol–water partition coefficient (Wildman–Crippen LogP) is 2.06. The van der Waals surface area contributed by atoms with Crippen molar-refractivity contribution in [3.05, 3.63) is 16.1 Å². The lowest BCUT2D eigenvalue weighted by Gasteiger charge is -2.41. The molecule has 0 aliphatic carbocycles. The molecule has 1 aromatic heterocycles. The molecule has 0 aromatic carbocycles. The van der Waals surface area contributed by atoms with Gasteiger partial charge in [0.25, 0.3) is 5.91 Å². The molecule has 0 spiro atoms. The number of carbonyl (C=O) groups excluding carboxylic acids is 2. The summed E-state index contributed by atoms with van der Waals surface area (Å²) >= 11 is 1.42. The minimum atomic E-state index is -0.416. The van der Waals surface area contributed by atoms with Crippen LogP contribution in [-0.2, 0) is 4.79 Å². The van der Waals surface area contributed by atoms with Crippen LogP contribution in [0.5, 0.6) is 0 Å². The first-order valence-electron chi connectivity index (χ1n) is 8.22. The maximum Gasteiger partial charge on any atom is 0.274 e. The van der Waals surface area contributed by atoms with Crippen molar-refractivity contribution in [1.82, 2.24) is 14.8 Å². The van der Waals surface area contributed by atoms with Crippen LogP contribution >= 0.6 is 23.7 Å². The van der Waals surface area contributed by atoms with E-state index in [2.05, 4.69) is 4.98 Å². The van der Waals surface area contributed by atoms with Gasteiger partial charge in [0, 0.05) is 24.5 Å². The van der Waals surface area contributed by atoms with Gasteiger partial charge >= 0.3 is 0 Å². The molecular formula is C16H25ClN4O2S. The van der Waals surface area contributed by atoms with E-state index < -0.39 is 6.04 Å². The highest BCUT2D eigenvalue weighted by atomic mass is 35.5. The molecule has 3 atom stereocenters. The number of fused-ring (bicyclic) bond motifs is 1. The fourth-order valence-electron chi connectivity index (χ4n) is 3.30. The lowest BCUT2D eigenvalue weighted by Crippen LogP contribution is -2.60. The molecule has 3 heterocycles. The highest BCUT2D eigenvalue weighted by Crippen LogP contribution is 2.28. The average molecular weight is 373 g/mol. The van der Waals surface area contributed by atoms with Crippen LogP contribution in [0.25, 0.3) is 0 Å². The molecule has 2 N–H and O–H groups in total. The van der Waals surface area contributed by atoms with Crippen LogP contribution in [0.4, 0.5) is 0 Å².